The summed E-state index contributed by atoms with van der Waals surface area (Å²) in [5, 5.41) is 0.140. The van der Waals surface area contributed by atoms with Crippen molar-refractivity contribution in [2.45, 2.75) is 32.8 Å². The fraction of sp³-hybridized carbons (Fsp3) is 0.579. The fourth-order valence-corrected chi connectivity index (χ4v) is 2.36. The molecular weight excluding hydrogens is 375 g/mol. The zero-order valence-corrected chi connectivity index (χ0v) is 17.3. The van der Waals surface area contributed by atoms with Crippen molar-refractivity contribution in [2.24, 2.45) is 0 Å². The number of benzene rings is 1. The van der Waals surface area contributed by atoms with Crippen molar-refractivity contribution in [3.05, 3.63) is 29.0 Å². The van der Waals surface area contributed by atoms with E-state index in [1.165, 1.54) is 17.0 Å². The molecule has 1 rings (SSSR count). The van der Waals surface area contributed by atoms with Crippen LogP contribution in [0.4, 0.5) is 4.39 Å². The van der Waals surface area contributed by atoms with Gasteiger partial charge in [-0.25, -0.2) is 4.39 Å². The lowest BCUT2D eigenvalue weighted by atomic mass is 10.2. The van der Waals surface area contributed by atoms with Crippen LogP contribution in [0.3, 0.4) is 0 Å². The van der Waals surface area contributed by atoms with E-state index in [2.05, 4.69) is 0 Å². The molecule has 6 nitrogen and oxygen atoms in total. The Bertz CT molecular complexity index is 647. The average molecular weight is 403 g/mol. The smallest absolute Gasteiger partial charge is 0.326 e. The van der Waals surface area contributed by atoms with Crippen LogP contribution in [-0.2, 0) is 14.3 Å². The zero-order chi connectivity index (χ0) is 20.6. The lowest BCUT2D eigenvalue weighted by molar-refractivity contribution is -0.159. The molecule has 0 aliphatic rings. The molecule has 27 heavy (non-hydrogen) atoms. The molecular formula is C19H28ClFN2O4. The number of carbonyl (C=O) groups excluding carboxylic acids is 2. The second kappa shape index (κ2) is 10.5. The first-order valence-electron chi connectivity index (χ1n) is 8.70. The Morgan fingerprint density at radius 3 is 2.41 bits per heavy atom. The van der Waals surface area contributed by atoms with E-state index in [9.17, 15) is 14.0 Å². The lowest BCUT2D eigenvalue weighted by Crippen LogP contribution is -2.42. The van der Waals surface area contributed by atoms with E-state index in [0.717, 1.165) is 6.07 Å². The van der Waals surface area contributed by atoms with Gasteiger partial charge in [-0.15, -0.1) is 0 Å². The van der Waals surface area contributed by atoms with Crippen molar-refractivity contribution < 1.29 is 23.5 Å². The van der Waals surface area contributed by atoms with E-state index in [1.54, 1.807) is 20.8 Å². The Labute approximate surface area is 165 Å². The largest absolute Gasteiger partial charge is 0.491 e. The standard InChI is InChI=1S/C19H28ClFN2O4/c1-19(2,3)27-18(25)13-23(10-9-22(4)5)17(24)8-11-26-16-7-6-14(21)12-15(16)20/h6-7,12H,8-11,13H2,1-5H3. The number of rotatable bonds is 9. The van der Waals surface area contributed by atoms with Crippen molar-refractivity contribution in [1.82, 2.24) is 9.80 Å². The number of hydrogen-bond acceptors (Lipinski definition) is 5. The van der Waals surface area contributed by atoms with Gasteiger partial charge in [0.05, 0.1) is 18.1 Å². The van der Waals surface area contributed by atoms with E-state index in [-0.39, 0.29) is 30.5 Å². The molecule has 0 bridgehead atoms. The number of ether oxygens (including phenoxy) is 2. The van der Waals surface area contributed by atoms with Crippen molar-refractivity contribution in [2.75, 3.05) is 40.3 Å². The van der Waals surface area contributed by atoms with Crippen LogP contribution >= 0.6 is 11.6 Å². The average Bonchev–Trinajstić information content (AvgIpc) is 2.51. The first kappa shape index (κ1) is 23.2. The van der Waals surface area contributed by atoms with Crippen LogP contribution in [0, 0.1) is 5.82 Å². The number of amides is 1. The van der Waals surface area contributed by atoms with Gasteiger partial charge in [0, 0.05) is 13.1 Å². The highest BCUT2D eigenvalue weighted by Crippen LogP contribution is 2.24. The maximum Gasteiger partial charge on any atom is 0.326 e. The monoisotopic (exact) mass is 402 g/mol. The van der Waals surface area contributed by atoms with Crippen LogP contribution in [0.2, 0.25) is 5.02 Å². The van der Waals surface area contributed by atoms with Gasteiger partial charge in [0.2, 0.25) is 5.91 Å². The minimum atomic E-state index is -0.615. The molecule has 0 heterocycles. The number of carbonyl (C=O) groups is 2. The second-order valence-electron chi connectivity index (χ2n) is 7.38. The van der Waals surface area contributed by atoms with Gasteiger partial charge in [-0.3, -0.25) is 9.59 Å². The number of likely N-dealkylation sites (N-methyl/N-ethyl adjacent to an activating group) is 1. The molecule has 0 aromatic heterocycles. The van der Waals surface area contributed by atoms with E-state index in [1.807, 2.05) is 19.0 Å². The molecule has 0 spiro atoms. The van der Waals surface area contributed by atoms with E-state index >= 15 is 0 Å². The van der Waals surface area contributed by atoms with Crippen LogP contribution in [0.1, 0.15) is 27.2 Å². The highest BCUT2D eigenvalue weighted by Gasteiger charge is 2.22. The fourth-order valence-electron chi connectivity index (χ4n) is 2.14. The molecule has 0 fully saturated rings. The van der Waals surface area contributed by atoms with Crippen molar-refractivity contribution in [3.63, 3.8) is 0 Å². The first-order chi connectivity index (χ1) is 12.5. The van der Waals surface area contributed by atoms with Gasteiger partial charge in [0.15, 0.2) is 0 Å². The maximum atomic E-state index is 13.0. The Balaban J connectivity index is 2.62. The van der Waals surface area contributed by atoms with Crippen LogP contribution in [0.25, 0.3) is 0 Å². The molecule has 152 valence electrons. The Hall–Kier alpha value is -1.86. The van der Waals surface area contributed by atoms with Gasteiger partial charge in [0.25, 0.3) is 0 Å². The minimum absolute atomic E-state index is 0.0595. The van der Waals surface area contributed by atoms with Crippen molar-refractivity contribution in [3.8, 4) is 5.75 Å². The summed E-state index contributed by atoms with van der Waals surface area (Å²) in [6.07, 6.45) is 0.0595. The zero-order valence-electron chi connectivity index (χ0n) is 16.6. The van der Waals surface area contributed by atoms with Gasteiger partial charge >= 0.3 is 5.97 Å². The minimum Gasteiger partial charge on any atom is -0.491 e. The predicted molar refractivity (Wildman–Crippen MR) is 103 cm³/mol. The summed E-state index contributed by atoms with van der Waals surface area (Å²) in [6.45, 7) is 6.27. The van der Waals surface area contributed by atoms with Crippen LogP contribution in [-0.4, -0.2) is 67.6 Å². The van der Waals surface area contributed by atoms with E-state index in [4.69, 9.17) is 21.1 Å². The number of halogens is 2. The molecule has 1 aromatic rings. The second-order valence-corrected chi connectivity index (χ2v) is 7.79. The highest BCUT2D eigenvalue weighted by molar-refractivity contribution is 6.32. The Morgan fingerprint density at radius 1 is 1.19 bits per heavy atom. The van der Waals surface area contributed by atoms with Crippen LogP contribution in [0.5, 0.6) is 5.75 Å². The molecule has 0 unspecified atom stereocenters. The van der Waals surface area contributed by atoms with Gasteiger partial charge in [-0.2, -0.15) is 0 Å². The summed E-state index contributed by atoms with van der Waals surface area (Å²) in [4.78, 5) is 28.0. The van der Waals surface area contributed by atoms with Gasteiger partial charge in [-0.1, -0.05) is 11.6 Å². The molecule has 0 radical (unpaired) electrons. The molecule has 0 atom stereocenters. The Morgan fingerprint density at radius 2 is 1.85 bits per heavy atom. The van der Waals surface area contributed by atoms with Crippen molar-refractivity contribution >= 4 is 23.5 Å². The molecule has 0 aliphatic carbocycles. The topological polar surface area (TPSA) is 59.1 Å². The first-order valence-corrected chi connectivity index (χ1v) is 9.08. The number of esters is 1. The summed E-state index contributed by atoms with van der Waals surface area (Å²) in [5.74, 6) is -0.855. The summed E-state index contributed by atoms with van der Waals surface area (Å²) in [5.41, 5.74) is -0.615. The molecule has 0 N–H and O–H groups in total. The molecule has 0 saturated carbocycles. The molecule has 1 aromatic carbocycles. The molecule has 0 saturated heterocycles. The molecule has 8 heteroatoms. The summed E-state index contributed by atoms with van der Waals surface area (Å²) in [6, 6.07) is 3.78. The quantitative estimate of drug-likeness (QED) is 0.594. The third-order valence-corrected chi connectivity index (χ3v) is 3.67. The van der Waals surface area contributed by atoms with E-state index < -0.39 is 17.4 Å². The van der Waals surface area contributed by atoms with Crippen molar-refractivity contribution in [1.29, 1.82) is 0 Å². The normalized spacial score (nSPS) is 11.4. The third kappa shape index (κ3) is 9.58. The third-order valence-electron chi connectivity index (χ3n) is 3.38. The van der Waals surface area contributed by atoms with Gasteiger partial charge in [-0.05, 0) is 53.1 Å². The number of hydrogen-bond donors (Lipinski definition) is 0. The predicted octanol–water partition coefficient (Wildman–Crippen LogP) is 2.98. The van der Waals surface area contributed by atoms with Gasteiger partial charge in [0.1, 0.15) is 23.7 Å². The van der Waals surface area contributed by atoms with Crippen LogP contribution < -0.4 is 4.74 Å². The SMILES string of the molecule is CN(C)CCN(CC(=O)OC(C)(C)C)C(=O)CCOc1ccc(F)cc1Cl. The summed E-state index contributed by atoms with van der Waals surface area (Å²) < 4.78 is 23.8. The number of nitrogens with zero attached hydrogens (tertiary/aromatic N) is 2. The highest BCUT2D eigenvalue weighted by atomic mass is 35.5. The molecule has 1 amide bonds. The van der Waals surface area contributed by atoms with E-state index in [0.29, 0.717) is 18.8 Å². The van der Waals surface area contributed by atoms with Crippen LogP contribution in [0.15, 0.2) is 18.2 Å². The summed E-state index contributed by atoms with van der Waals surface area (Å²) in [7, 11) is 3.77. The lowest BCUT2D eigenvalue weighted by Gasteiger charge is -2.26. The maximum absolute atomic E-state index is 13.0. The van der Waals surface area contributed by atoms with Gasteiger partial charge < -0.3 is 19.3 Å². The Kier molecular flexibility index (Phi) is 8.99. The molecule has 0 aliphatic heterocycles. The summed E-state index contributed by atoms with van der Waals surface area (Å²) >= 11 is 5.90.